The number of amides is 2. The van der Waals surface area contributed by atoms with E-state index in [9.17, 15) is 45.1 Å². The van der Waals surface area contributed by atoms with Crippen LogP contribution in [-0.4, -0.2) is 60.2 Å². The number of aryl methyl sites for hydroxylation is 1. The fourth-order valence-electron chi connectivity index (χ4n) is 7.21. The van der Waals surface area contributed by atoms with Crippen LogP contribution in [0.2, 0.25) is 0 Å². The van der Waals surface area contributed by atoms with Crippen molar-refractivity contribution in [2.75, 3.05) is 13.1 Å². The Morgan fingerprint density at radius 2 is 1.68 bits per heavy atom. The molecule has 1 N–H and O–H groups in total. The molecule has 0 aromatic heterocycles. The fraction of sp³-hybridized carbons (Fsp3) is 0.548. The summed E-state index contributed by atoms with van der Waals surface area (Å²) in [7, 11) is -4.30. The number of carbonyl (C=O) groups excluding carboxylic acids is 2. The Morgan fingerprint density at radius 3 is 2.30 bits per heavy atom. The Kier molecular flexibility index (Phi) is 7.93. The molecule has 0 spiro atoms. The van der Waals surface area contributed by atoms with Crippen LogP contribution in [0.3, 0.4) is 0 Å². The van der Waals surface area contributed by atoms with Crippen molar-refractivity contribution in [1.29, 1.82) is 0 Å². The Balaban J connectivity index is 1.55. The molecule has 1 heterocycles. The molecule has 0 bridgehead atoms. The minimum atomic E-state index is -5.19. The molecule has 2 aromatic carbocycles. The third-order valence-corrected chi connectivity index (χ3v) is 12.0. The highest BCUT2D eigenvalue weighted by Gasteiger charge is 2.61. The Morgan fingerprint density at radius 1 is 1.02 bits per heavy atom. The molecule has 3 aliphatic rings. The summed E-state index contributed by atoms with van der Waals surface area (Å²) in [5.41, 5.74) is -5.01. The molecule has 4 atom stereocenters. The summed E-state index contributed by atoms with van der Waals surface area (Å²) in [4.78, 5) is 25.9. The van der Waals surface area contributed by atoms with Crippen LogP contribution in [0.5, 0.6) is 0 Å². The molecular weight excluding hydrogens is 607 g/mol. The van der Waals surface area contributed by atoms with Gasteiger partial charge in [0, 0.05) is 12.8 Å². The van der Waals surface area contributed by atoms with Crippen molar-refractivity contribution >= 4 is 21.7 Å². The van der Waals surface area contributed by atoms with E-state index in [1.54, 1.807) is 0 Å². The summed E-state index contributed by atoms with van der Waals surface area (Å²) in [5.74, 6) is -2.47. The number of halogens is 5. The number of sulfone groups is 1. The maximum absolute atomic E-state index is 15.0. The molecule has 5 rings (SSSR count). The average molecular weight is 643 g/mol. The van der Waals surface area contributed by atoms with E-state index < -0.39 is 61.2 Å². The topological polar surface area (TPSA) is 95.0 Å². The molecule has 44 heavy (non-hydrogen) atoms. The van der Waals surface area contributed by atoms with Crippen LogP contribution in [0.15, 0.2) is 47.4 Å². The fourth-order valence-corrected chi connectivity index (χ4v) is 9.71. The van der Waals surface area contributed by atoms with Crippen molar-refractivity contribution < 1.29 is 45.1 Å². The minimum absolute atomic E-state index is 0.0418. The van der Waals surface area contributed by atoms with Gasteiger partial charge in [-0.2, -0.15) is 13.2 Å². The maximum Gasteiger partial charge on any atom is 0.426 e. The number of β-amino-alcohol motifs (C(OH)–C–C–N with tert-alkyl or cyclic N) is 1. The predicted molar refractivity (Wildman–Crippen MR) is 150 cm³/mol. The lowest BCUT2D eigenvalue weighted by molar-refractivity contribution is -0.228. The van der Waals surface area contributed by atoms with Gasteiger partial charge in [0.2, 0.25) is 17.5 Å². The second-order valence-electron chi connectivity index (χ2n) is 12.9. The van der Waals surface area contributed by atoms with Gasteiger partial charge in [0.15, 0.2) is 9.84 Å². The van der Waals surface area contributed by atoms with Crippen LogP contribution >= 0.6 is 0 Å². The first-order chi connectivity index (χ1) is 20.3. The summed E-state index contributed by atoms with van der Waals surface area (Å²) >= 11 is 0. The van der Waals surface area contributed by atoms with Crippen molar-refractivity contribution in [3.8, 4) is 0 Å². The molecule has 2 fully saturated rings. The molecule has 13 heteroatoms. The number of benzene rings is 2. The van der Waals surface area contributed by atoms with Crippen molar-refractivity contribution in [3.05, 3.63) is 65.0 Å². The molecule has 2 amide bonds. The zero-order valence-corrected chi connectivity index (χ0v) is 25.4. The number of alkyl halides is 4. The van der Waals surface area contributed by atoms with E-state index in [0.717, 1.165) is 36.4 Å². The summed E-state index contributed by atoms with van der Waals surface area (Å²) < 4.78 is 96.7. The summed E-state index contributed by atoms with van der Waals surface area (Å²) in [6.45, 7) is 3.47. The Bertz CT molecular complexity index is 1570. The summed E-state index contributed by atoms with van der Waals surface area (Å²) in [6, 6.07) is 7.63. The van der Waals surface area contributed by atoms with E-state index in [2.05, 4.69) is 0 Å². The highest BCUT2D eigenvalue weighted by molar-refractivity contribution is 7.92. The van der Waals surface area contributed by atoms with E-state index >= 15 is 0 Å². The molecule has 1 unspecified atom stereocenters. The predicted octanol–water partition coefficient (Wildman–Crippen LogP) is 5.35. The number of nitrogens with zero attached hydrogens (tertiary/aromatic N) is 2. The highest BCUT2D eigenvalue weighted by atomic mass is 32.2. The zero-order valence-electron chi connectivity index (χ0n) is 24.6. The monoisotopic (exact) mass is 642 g/mol. The van der Waals surface area contributed by atoms with Crippen LogP contribution in [0.25, 0.3) is 0 Å². The molecule has 7 nitrogen and oxygen atoms in total. The number of aliphatic hydroxyl groups is 1. The van der Waals surface area contributed by atoms with Crippen LogP contribution < -0.4 is 0 Å². The van der Waals surface area contributed by atoms with Crippen LogP contribution in [-0.2, 0) is 36.3 Å². The van der Waals surface area contributed by atoms with E-state index in [4.69, 9.17) is 0 Å². The quantitative estimate of drug-likeness (QED) is 0.325. The lowest BCUT2D eigenvalue weighted by Gasteiger charge is -2.43. The standard InChI is InChI=1S/C31H35F5N2O5S/c1-28(2,41)18-38-26(39)13-15-37(38)27(40)17-20-12-14-30(44(42,43)23-8-6-22(32)7-9-23)24(20)10-4-19-16-21(5-11-25(19)30)29(3,33)31(34,35)36/h5-9,11,16,20,24,41H,4,10,12-15,17-18H2,1-3H3/t20-,24-,29?,30-/m0/s1. The van der Waals surface area contributed by atoms with Crippen molar-refractivity contribution in [1.82, 2.24) is 10.0 Å². The first kappa shape index (κ1) is 32.3. The lowest BCUT2D eigenvalue weighted by atomic mass is 9.72. The normalized spacial score (nSPS) is 25.5. The number of hydrogen-bond acceptors (Lipinski definition) is 5. The molecule has 2 aliphatic carbocycles. The summed E-state index contributed by atoms with van der Waals surface area (Å²) in [5, 5.41) is 12.8. The van der Waals surface area contributed by atoms with Gasteiger partial charge in [-0.25, -0.2) is 22.2 Å². The van der Waals surface area contributed by atoms with E-state index in [0.29, 0.717) is 6.92 Å². The van der Waals surface area contributed by atoms with Gasteiger partial charge >= 0.3 is 6.18 Å². The smallest absolute Gasteiger partial charge is 0.389 e. The largest absolute Gasteiger partial charge is 0.426 e. The van der Waals surface area contributed by atoms with Gasteiger partial charge in [-0.05, 0) is 99.2 Å². The van der Waals surface area contributed by atoms with Gasteiger partial charge in [0.05, 0.1) is 23.6 Å². The minimum Gasteiger partial charge on any atom is -0.389 e. The number of rotatable bonds is 7. The third kappa shape index (κ3) is 5.29. The second kappa shape index (κ2) is 10.8. The van der Waals surface area contributed by atoms with Gasteiger partial charge in [0.25, 0.3) is 0 Å². The van der Waals surface area contributed by atoms with Gasteiger partial charge < -0.3 is 5.11 Å². The highest BCUT2D eigenvalue weighted by Crippen LogP contribution is 2.60. The third-order valence-electron chi connectivity index (χ3n) is 9.40. The SMILES string of the molecule is CC(C)(O)CN1C(=O)CCN1C(=O)C[C@@H]1CC[C@@]2(S(=O)(=O)c3ccc(F)cc3)c3ccc(C(C)(F)C(F)(F)F)cc3CC[C@@H]12. The van der Waals surface area contributed by atoms with Gasteiger partial charge in [-0.3, -0.25) is 14.6 Å². The molecule has 2 aromatic rings. The number of hydrogen-bond donors (Lipinski definition) is 1. The molecule has 1 aliphatic heterocycles. The first-order valence-electron chi connectivity index (χ1n) is 14.5. The molecule has 0 radical (unpaired) electrons. The lowest BCUT2D eigenvalue weighted by Crippen LogP contribution is -2.50. The van der Waals surface area contributed by atoms with E-state index in [1.165, 1.54) is 29.9 Å². The average Bonchev–Trinajstić information content (AvgIpc) is 3.48. The Hall–Kier alpha value is -3.06. The van der Waals surface area contributed by atoms with E-state index in [1.807, 2.05) is 0 Å². The van der Waals surface area contributed by atoms with Gasteiger partial charge in [-0.1, -0.05) is 18.2 Å². The van der Waals surface area contributed by atoms with Crippen molar-refractivity contribution in [3.63, 3.8) is 0 Å². The number of carbonyl (C=O) groups is 2. The maximum atomic E-state index is 15.0. The van der Waals surface area contributed by atoms with Crippen LogP contribution in [0.4, 0.5) is 22.0 Å². The van der Waals surface area contributed by atoms with Crippen molar-refractivity contribution in [2.45, 2.75) is 86.4 Å². The zero-order chi connectivity index (χ0) is 32.5. The molecular formula is C31H35F5N2O5S. The van der Waals surface area contributed by atoms with Gasteiger partial charge in [-0.15, -0.1) is 0 Å². The molecule has 240 valence electrons. The number of fused-ring (bicyclic) bond motifs is 3. The first-order valence-corrected chi connectivity index (χ1v) is 16.0. The molecule has 1 saturated heterocycles. The van der Waals surface area contributed by atoms with Crippen LogP contribution in [0.1, 0.15) is 69.6 Å². The van der Waals surface area contributed by atoms with Gasteiger partial charge in [0.1, 0.15) is 10.6 Å². The molecule has 1 saturated carbocycles. The second-order valence-corrected chi connectivity index (χ2v) is 15.1. The van der Waals surface area contributed by atoms with E-state index in [-0.39, 0.29) is 73.5 Å². The summed E-state index contributed by atoms with van der Waals surface area (Å²) in [6.07, 6.45) is -4.50. The number of hydrazine groups is 1. The Labute approximate surface area is 252 Å². The van der Waals surface area contributed by atoms with Crippen molar-refractivity contribution in [2.24, 2.45) is 11.8 Å². The van der Waals surface area contributed by atoms with Crippen LogP contribution in [0, 0.1) is 17.7 Å².